The average molecular weight is 665 g/mol. The molecule has 0 saturated heterocycles. The summed E-state index contributed by atoms with van der Waals surface area (Å²) >= 11 is 0. The number of unbranched alkanes of at least 4 members (excludes halogenated alkanes) is 30. The van der Waals surface area contributed by atoms with Gasteiger partial charge >= 0.3 is 5.97 Å². The molecular formula is C44H88O3. The Hall–Kier alpha value is -0.570. The van der Waals surface area contributed by atoms with E-state index in [1.165, 1.54) is 180 Å². The zero-order valence-electron chi connectivity index (χ0n) is 33.0. The quantitative estimate of drug-likeness (QED) is 0.0525. The third-order valence-corrected chi connectivity index (χ3v) is 10.6. The number of carbonyl (C=O) groups is 1. The zero-order chi connectivity index (χ0) is 34.5. The highest BCUT2D eigenvalue weighted by atomic mass is 16.6. The molecule has 0 aliphatic carbocycles. The van der Waals surface area contributed by atoms with Crippen LogP contribution in [0.3, 0.4) is 0 Å². The second-order valence-corrected chi connectivity index (χ2v) is 15.4. The fourth-order valence-corrected chi connectivity index (χ4v) is 7.14. The van der Waals surface area contributed by atoms with Gasteiger partial charge in [0.05, 0.1) is 0 Å². The molecule has 0 bridgehead atoms. The van der Waals surface area contributed by atoms with Crippen LogP contribution in [0.4, 0.5) is 0 Å². The van der Waals surface area contributed by atoms with Crippen LogP contribution in [0, 0.1) is 0 Å². The summed E-state index contributed by atoms with van der Waals surface area (Å²) in [6, 6.07) is 0. The molecule has 282 valence electrons. The molecule has 1 N–H and O–H groups in total. The predicted molar refractivity (Wildman–Crippen MR) is 208 cm³/mol. The van der Waals surface area contributed by atoms with Crippen molar-refractivity contribution in [2.45, 2.75) is 277 Å². The van der Waals surface area contributed by atoms with Crippen LogP contribution in [0.1, 0.15) is 265 Å². The van der Waals surface area contributed by atoms with Crippen molar-refractivity contribution in [2.24, 2.45) is 0 Å². The summed E-state index contributed by atoms with van der Waals surface area (Å²) in [6.07, 6.45) is 46.0. The van der Waals surface area contributed by atoms with Gasteiger partial charge in [0.2, 0.25) is 0 Å². The van der Waals surface area contributed by atoms with Crippen LogP contribution in [0.15, 0.2) is 0 Å². The number of rotatable bonds is 39. The first-order valence-corrected chi connectivity index (χ1v) is 22.0. The standard InChI is InChI=1S/C44H88O3/c1-5-9-12-14-16-18-20-22-24-25-27-29-31-33-35-38-41-44(46,43(45)47-42(8-4)39-36-11-7-3)40-37-34-32-30-28-26-23-21-19-17-15-13-10-6-2/h42,46H,5-41H2,1-4H3. The summed E-state index contributed by atoms with van der Waals surface area (Å²) in [6.45, 7) is 8.89. The summed E-state index contributed by atoms with van der Waals surface area (Å²) in [7, 11) is 0. The number of ether oxygens (including phenoxy) is 1. The smallest absolute Gasteiger partial charge is 0.338 e. The number of hydrogen-bond donors (Lipinski definition) is 1. The van der Waals surface area contributed by atoms with Crippen LogP contribution in [0.25, 0.3) is 0 Å². The highest BCUT2D eigenvalue weighted by molar-refractivity contribution is 5.79. The van der Waals surface area contributed by atoms with Crippen molar-refractivity contribution in [3.8, 4) is 0 Å². The van der Waals surface area contributed by atoms with Crippen molar-refractivity contribution < 1.29 is 14.6 Å². The highest BCUT2D eigenvalue weighted by Crippen LogP contribution is 2.27. The predicted octanol–water partition coefficient (Wildman–Crippen LogP) is 15.1. The molecule has 3 nitrogen and oxygen atoms in total. The Bertz CT molecular complexity index is 619. The molecule has 0 fully saturated rings. The molecule has 0 heterocycles. The summed E-state index contributed by atoms with van der Waals surface area (Å²) in [5.74, 6) is -0.337. The van der Waals surface area contributed by atoms with E-state index in [0.717, 1.165) is 44.9 Å². The maximum atomic E-state index is 13.4. The molecule has 0 rings (SSSR count). The van der Waals surface area contributed by atoms with E-state index in [2.05, 4.69) is 27.7 Å². The van der Waals surface area contributed by atoms with E-state index in [0.29, 0.717) is 12.8 Å². The van der Waals surface area contributed by atoms with Gasteiger partial charge in [-0.2, -0.15) is 0 Å². The van der Waals surface area contributed by atoms with Gasteiger partial charge in [0.15, 0.2) is 5.60 Å². The number of carbonyl (C=O) groups excluding carboxylic acids is 1. The van der Waals surface area contributed by atoms with Gasteiger partial charge in [-0.25, -0.2) is 4.79 Å². The first-order chi connectivity index (χ1) is 23.0. The summed E-state index contributed by atoms with van der Waals surface area (Å²) < 4.78 is 5.97. The lowest BCUT2D eigenvalue weighted by atomic mass is 9.89. The van der Waals surface area contributed by atoms with Crippen LogP contribution >= 0.6 is 0 Å². The number of aliphatic hydroxyl groups is 1. The molecule has 2 atom stereocenters. The van der Waals surface area contributed by atoms with E-state index in [1.807, 2.05) is 0 Å². The summed E-state index contributed by atoms with van der Waals surface area (Å²) in [5.41, 5.74) is -1.30. The monoisotopic (exact) mass is 665 g/mol. The lowest BCUT2D eigenvalue weighted by molar-refractivity contribution is -0.173. The van der Waals surface area contributed by atoms with E-state index in [4.69, 9.17) is 4.74 Å². The van der Waals surface area contributed by atoms with Crippen LogP contribution in [-0.2, 0) is 9.53 Å². The molecule has 0 aromatic rings. The third kappa shape index (κ3) is 31.2. The molecule has 0 spiro atoms. The normalized spacial score (nSPS) is 13.6. The molecule has 0 saturated carbocycles. The highest BCUT2D eigenvalue weighted by Gasteiger charge is 2.37. The van der Waals surface area contributed by atoms with Gasteiger partial charge in [-0.15, -0.1) is 0 Å². The molecular weight excluding hydrogens is 576 g/mol. The van der Waals surface area contributed by atoms with Gasteiger partial charge in [-0.05, 0) is 44.9 Å². The zero-order valence-corrected chi connectivity index (χ0v) is 33.0. The van der Waals surface area contributed by atoms with Gasteiger partial charge in [0.25, 0.3) is 0 Å². The Labute approximate surface area is 297 Å². The van der Waals surface area contributed by atoms with Crippen molar-refractivity contribution in [3.05, 3.63) is 0 Å². The van der Waals surface area contributed by atoms with E-state index in [9.17, 15) is 9.90 Å². The van der Waals surface area contributed by atoms with E-state index >= 15 is 0 Å². The lowest BCUT2D eigenvalue weighted by Gasteiger charge is -2.29. The SMILES string of the molecule is CCCCCCCCCCCCCCCCCCC(O)(CCCCCCCCCCCCCCCC)C(=O)OC(CC)CCCCC. The van der Waals surface area contributed by atoms with Gasteiger partial charge in [-0.1, -0.05) is 220 Å². The lowest BCUT2D eigenvalue weighted by Crippen LogP contribution is -2.42. The van der Waals surface area contributed by atoms with Crippen molar-refractivity contribution in [2.75, 3.05) is 0 Å². The van der Waals surface area contributed by atoms with E-state index < -0.39 is 5.60 Å². The van der Waals surface area contributed by atoms with E-state index in [-0.39, 0.29) is 12.1 Å². The number of hydrogen-bond acceptors (Lipinski definition) is 3. The van der Waals surface area contributed by atoms with Crippen LogP contribution in [0.5, 0.6) is 0 Å². The Morgan fingerprint density at radius 1 is 0.426 bits per heavy atom. The first-order valence-electron chi connectivity index (χ1n) is 22.0. The van der Waals surface area contributed by atoms with Gasteiger partial charge < -0.3 is 9.84 Å². The molecule has 0 amide bonds. The molecule has 2 unspecified atom stereocenters. The molecule has 0 aromatic heterocycles. The van der Waals surface area contributed by atoms with E-state index in [1.54, 1.807) is 0 Å². The van der Waals surface area contributed by atoms with Gasteiger partial charge in [0, 0.05) is 0 Å². The maximum absolute atomic E-state index is 13.4. The molecule has 0 radical (unpaired) electrons. The van der Waals surface area contributed by atoms with Crippen LogP contribution in [-0.4, -0.2) is 22.8 Å². The van der Waals surface area contributed by atoms with Gasteiger partial charge in [-0.3, -0.25) is 0 Å². The topological polar surface area (TPSA) is 46.5 Å². The van der Waals surface area contributed by atoms with Crippen molar-refractivity contribution in [3.63, 3.8) is 0 Å². The molecule has 0 aliphatic heterocycles. The maximum Gasteiger partial charge on any atom is 0.338 e. The Kier molecular flexibility index (Phi) is 36.3. The second kappa shape index (κ2) is 36.7. The first kappa shape index (κ1) is 46.4. The minimum absolute atomic E-state index is 0.0530. The van der Waals surface area contributed by atoms with Crippen molar-refractivity contribution >= 4 is 5.97 Å². The Morgan fingerprint density at radius 2 is 0.681 bits per heavy atom. The van der Waals surface area contributed by atoms with Crippen LogP contribution < -0.4 is 0 Å². The largest absolute Gasteiger partial charge is 0.460 e. The Morgan fingerprint density at radius 3 is 0.957 bits per heavy atom. The number of esters is 1. The van der Waals surface area contributed by atoms with Crippen molar-refractivity contribution in [1.82, 2.24) is 0 Å². The minimum Gasteiger partial charge on any atom is -0.460 e. The minimum atomic E-state index is -1.30. The Balaban J connectivity index is 4.24. The third-order valence-electron chi connectivity index (χ3n) is 10.6. The molecule has 0 aliphatic rings. The fraction of sp³-hybridized carbons (Fsp3) is 0.977. The summed E-state index contributed by atoms with van der Waals surface area (Å²) in [4.78, 5) is 13.4. The average Bonchev–Trinajstić information content (AvgIpc) is 3.07. The molecule has 3 heteroatoms. The summed E-state index contributed by atoms with van der Waals surface area (Å²) in [5, 5.41) is 11.6. The second-order valence-electron chi connectivity index (χ2n) is 15.4. The van der Waals surface area contributed by atoms with Gasteiger partial charge in [0.1, 0.15) is 6.10 Å². The molecule has 47 heavy (non-hydrogen) atoms. The fourth-order valence-electron chi connectivity index (χ4n) is 7.14. The van der Waals surface area contributed by atoms with Crippen LogP contribution in [0.2, 0.25) is 0 Å². The molecule has 0 aromatic carbocycles. The van der Waals surface area contributed by atoms with Crippen molar-refractivity contribution in [1.29, 1.82) is 0 Å².